The molecule has 0 spiro atoms. The monoisotopic (exact) mass is 269 g/mol. The smallest absolute Gasteiger partial charge is 0.223 e. The number of rotatable bonds is 2. The van der Waals surface area contributed by atoms with Crippen LogP contribution < -0.4 is 5.32 Å². The van der Waals surface area contributed by atoms with Crippen molar-refractivity contribution in [3.05, 3.63) is 16.9 Å². The van der Waals surface area contributed by atoms with Crippen LogP contribution in [0.5, 0.6) is 0 Å². The van der Waals surface area contributed by atoms with E-state index in [0.29, 0.717) is 6.04 Å². The van der Waals surface area contributed by atoms with Crippen LogP contribution in [0.15, 0.2) is 16.9 Å². The van der Waals surface area contributed by atoms with E-state index in [4.69, 9.17) is 0 Å². The van der Waals surface area contributed by atoms with Gasteiger partial charge in [-0.2, -0.15) is 0 Å². The van der Waals surface area contributed by atoms with Gasteiger partial charge in [0.25, 0.3) is 0 Å². The van der Waals surface area contributed by atoms with Gasteiger partial charge in [0.15, 0.2) is 0 Å². The van der Waals surface area contributed by atoms with Crippen molar-refractivity contribution in [2.45, 2.75) is 44.6 Å². The van der Waals surface area contributed by atoms with Gasteiger partial charge in [0.2, 0.25) is 5.95 Å². The zero-order chi connectivity index (χ0) is 10.5. The third-order valence-electron chi connectivity index (χ3n) is 2.81. The molecule has 1 N–H and O–H groups in total. The van der Waals surface area contributed by atoms with Crippen LogP contribution in [0, 0.1) is 0 Å². The maximum absolute atomic E-state index is 4.29. The SMILES string of the molecule is Brc1ccnc(NC2CCCCCC2)n1. The molecule has 0 amide bonds. The summed E-state index contributed by atoms with van der Waals surface area (Å²) in [5, 5.41) is 3.41. The van der Waals surface area contributed by atoms with Crippen molar-refractivity contribution < 1.29 is 0 Å². The number of hydrogen-bond donors (Lipinski definition) is 1. The minimum absolute atomic E-state index is 0.557. The van der Waals surface area contributed by atoms with Crippen LogP contribution >= 0.6 is 15.9 Å². The highest BCUT2D eigenvalue weighted by atomic mass is 79.9. The summed E-state index contributed by atoms with van der Waals surface area (Å²) < 4.78 is 0.841. The van der Waals surface area contributed by atoms with E-state index in [0.717, 1.165) is 10.6 Å². The van der Waals surface area contributed by atoms with Gasteiger partial charge in [0.05, 0.1) is 0 Å². The molecule has 1 saturated carbocycles. The van der Waals surface area contributed by atoms with Crippen molar-refractivity contribution in [2.24, 2.45) is 0 Å². The summed E-state index contributed by atoms with van der Waals surface area (Å²) in [6, 6.07) is 2.40. The van der Waals surface area contributed by atoms with Crippen molar-refractivity contribution in [1.29, 1.82) is 0 Å². The fourth-order valence-corrected chi connectivity index (χ4v) is 2.30. The van der Waals surface area contributed by atoms with Gasteiger partial charge >= 0.3 is 0 Å². The predicted octanol–water partition coefficient (Wildman–Crippen LogP) is 3.37. The topological polar surface area (TPSA) is 37.8 Å². The van der Waals surface area contributed by atoms with E-state index in [1.54, 1.807) is 6.20 Å². The number of anilines is 1. The van der Waals surface area contributed by atoms with Crippen LogP contribution in [-0.2, 0) is 0 Å². The lowest BCUT2D eigenvalue weighted by molar-refractivity contribution is 0.614. The third kappa shape index (κ3) is 3.45. The normalized spacial score (nSPS) is 18.5. The number of nitrogens with zero attached hydrogens (tertiary/aromatic N) is 2. The van der Waals surface area contributed by atoms with E-state index in [-0.39, 0.29) is 0 Å². The quantitative estimate of drug-likeness (QED) is 0.661. The highest BCUT2D eigenvalue weighted by molar-refractivity contribution is 9.10. The molecule has 1 aliphatic carbocycles. The average molecular weight is 270 g/mol. The van der Waals surface area contributed by atoms with Crippen LogP contribution in [0.4, 0.5) is 5.95 Å². The van der Waals surface area contributed by atoms with Gasteiger partial charge in [0, 0.05) is 12.2 Å². The van der Waals surface area contributed by atoms with Crippen molar-refractivity contribution in [2.75, 3.05) is 5.32 Å². The van der Waals surface area contributed by atoms with E-state index in [1.165, 1.54) is 38.5 Å². The summed E-state index contributed by atoms with van der Waals surface area (Å²) in [6.45, 7) is 0. The minimum atomic E-state index is 0.557. The fourth-order valence-electron chi connectivity index (χ4n) is 2.01. The first-order valence-corrected chi connectivity index (χ1v) is 6.39. The second kappa shape index (κ2) is 5.45. The Balaban J connectivity index is 1.95. The Morgan fingerprint density at radius 3 is 2.60 bits per heavy atom. The lowest BCUT2D eigenvalue weighted by Gasteiger charge is -2.15. The Morgan fingerprint density at radius 1 is 1.20 bits per heavy atom. The Labute approximate surface area is 98.8 Å². The molecular weight excluding hydrogens is 254 g/mol. The highest BCUT2D eigenvalue weighted by Gasteiger charge is 2.12. The molecule has 0 atom stereocenters. The molecular formula is C11H16BrN3. The second-order valence-electron chi connectivity index (χ2n) is 4.04. The number of halogens is 1. The lowest BCUT2D eigenvalue weighted by Crippen LogP contribution is -2.19. The van der Waals surface area contributed by atoms with E-state index in [2.05, 4.69) is 31.2 Å². The highest BCUT2D eigenvalue weighted by Crippen LogP contribution is 2.20. The van der Waals surface area contributed by atoms with Crippen molar-refractivity contribution in [3.63, 3.8) is 0 Å². The Kier molecular flexibility index (Phi) is 3.94. The molecule has 4 heteroatoms. The zero-order valence-electron chi connectivity index (χ0n) is 8.75. The Bertz CT molecular complexity index is 308. The Hall–Kier alpha value is -0.640. The molecule has 1 fully saturated rings. The molecule has 0 aromatic carbocycles. The predicted molar refractivity (Wildman–Crippen MR) is 64.8 cm³/mol. The molecule has 1 aliphatic rings. The molecule has 1 heterocycles. The molecule has 0 unspecified atom stereocenters. The maximum atomic E-state index is 4.29. The summed E-state index contributed by atoms with van der Waals surface area (Å²) in [5.41, 5.74) is 0. The van der Waals surface area contributed by atoms with Crippen molar-refractivity contribution in [1.82, 2.24) is 9.97 Å². The van der Waals surface area contributed by atoms with Crippen LogP contribution in [-0.4, -0.2) is 16.0 Å². The molecule has 1 aromatic rings. The first kappa shape index (κ1) is 10.9. The number of aromatic nitrogens is 2. The summed E-state index contributed by atoms with van der Waals surface area (Å²) in [6.07, 6.45) is 9.66. The zero-order valence-corrected chi connectivity index (χ0v) is 10.3. The molecule has 82 valence electrons. The summed E-state index contributed by atoms with van der Waals surface area (Å²) in [4.78, 5) is 8.50. The standard InChI is InChI=1S/C11H16BrN3/c12-10-7-8-13-11(15-10)14-9-5-3-1-2-4-6-9/h7-9H,1-6H2,(H,13,14,15). The fraction of sp³-hybridized carbons (Fsp3) is 0.636. The van der Waals surface area contributed by atoms with E-state index >= 15 is 0 Å². The molecule has 0 saturated heterocycles. The van der Waals surface area contributed by atoms with E-state index in [9.17, 15) is 0 Å². The summed E-state index contributed by atoms with van der Waals surface area (Å²) in [7, 11) is 0. The van der Waals surface area contributed by atoms with Gasteiger partial charge < -0.3 is 5.32 Å². The third-order valence-corrected chi connectivity index (χ3v) is 3.25. The van der Waals surface area contributed by atoms with Crippen LogP contribution in [0.1, 0.15) is 38.5 Å². The Morgan fingerprint density at radius 2 is 1.93 bits per heavy atom. The van der Waals surface area contributed by atoms with Gasteiger partial charge in [-0.3, -0.25) is 0 Å². The first-order chi connectivity index (χ1) is 7.34. The van der Waals surface area contributed by atoms with Crippen LogP contribution in [0.3, 0.4) is 0 Å². The van der Waals surface area contributed by atoms with Gasteiger partial charge in [-0.25, -0.2) is 9.97 Å². The molecule has 15 heavy (non-hydrogen) atoms. The molecule has 0 radical (unpaired) electrons. The van der Waals surface area contributed by atoms with Crippen molar-refractivity contribution >= 4 is 21.9 Å². The van der Waals surface area contributed by atoms with Gasteiger partial charge in [-0.15, -0.1) is 0 Å². The van der Waals surface area contributed by atoms with Crippen LogP contribution in [0.25, 0.3) is 0 Å². The van der Waals surface area contributed by atoms with E-state index in [1.807, 2.05) is 6.07 Å². The molecule has 1 aromatic heterocycles. The average Bonchev–Trinajstić information content (AvgIpc) is 2.46. The lowest BCUT2D eigenvalue weighted by atomic mass is 10.1. The summed E-state index contributed by atoms with van der Waals surface area (Å²) >= 11 is 3.35. The maximum Gasteiger partial charge on any atom is 0.223 e. The van der Waals surface area contributed by atoms with Gasteiger partial charge in [-0.05, 0) is 34.8 Å². The molecule has 2 rings (SSSR count). The molecule has 0 aliphatic heterocycles. The van der Waals surface area contributed by atoms with Crippen molar-refractivity contribution in [3.8, 4) is 0 Å². The largest absolute Gasteiger partial charge is 0.351 e. The van der Waals surface area contributed by atoms with Gasteiger partial charge in [-0.1, -0.05) is 25.7 Å². The van der Waals surface area contributed by atoms with Crippen LogP contribution in [0.2, 0.25) is 0 Å². The molecule has 0 bridgehead atoms. The number of hydrogen-bond acceptors (Lipinski definition) is 3. The second-order valence-corrected chi connectivity index (χ2v) is 4.85. The summed E-state index contributed by atoms with van der Waals surface area (Å²) in [5.74, 6) is 0.747. The first-order valence-electron chi connectivity index (χ1n) is 5.60. The minimum Gasteiger partial charge on any atom is -0.351 e. The molecule has 3 nitrogen and oxygen atoms in total. The van der Waals surface area contributed by atoms with Gasteiger partial charge in [0.1, 0.15) is 4.60 Å². The van der Waals surface area contributed by atoms with E-state index < -0.39 is 0 Å². The number of nitrogens with one attached hydrogen (secondary N) is 1.